The van der Waals surface area contributed by atoms with Crippen molar-refractivity contribution in [2.24, 2.45) is 0 Å². The molecule has 1 atom stereocenters. The molecule has 1 fully saturated rings. The van der Waals surface area contributed by atoms with Crippen LogP contribution in [0.25, 0.3) is 5.69 Å². The number of hydrogen-bond acceptors (Lipinski definition) is 5. The second-order valence-corrected chi connectivity index (χ2v) is 10.3. The molecule has 0 spiro atoms. The molecule has 1 aliphatic heterocycles. The minimum atomic E-state index is -3.00. The summed E-state index contributed by atoms with van der Waals surface area (Å²) in [5.41, 5.74) is 2.28. The van der Waals surface area contributed by atoms with E-state index in [-0.39, 0.29) is 29.2 Å². The highest BCUT2D eigenvalue weighted by Gasteiger charge is 2.32. The van der Waals surface area contributed by atoms with Crippen molar-refractivity contribution in [3.8, 4) is 5.69 Å². The molecule has 3 rings (SSSR count). The van der Waals surface area contributed by atoms with Crippen LogP contribution in [0.1, 0.15) is 31.7 Å². The molecule has 2 heterocycles. The summed E-state index contributed by atoms with van der Waals surface area (Å²) in [6.45, 7) is 4.32. The highest BCUT2D eigenvalue weighted by Crippen LogP contribution is 2.24. The molecule has 2 aromatic rings. The zero-order valence-electron chi connectivity index (χ0n) is 15.8. The molecule has 6 nitrogen and oxygen atoms in total. The van der Waals surface area contributed by atoms with E-state index in [1.165, 1.54) is 17.3 Å². The van der Waals surface area contributed by atoms with E-state index >= 15 is 0 Å². The second kappa shape index (κ2) is 8.06. The van der Waals surface area contributed by atoms with E-state index in [0.717, 1.165) is 10.8 Å². The van der Waals surface area contributed by atoms with Crippen molar-refractivity contribution in [1.82, 2.24) is 14.5 Å². The van der Waals surface area contributed by atoms with Crippen molar-refractivity contribution in [2.45, 2.75) is 37.4 Å². The van der Waals surface area contributed by atoms with E-state index in [1.54, 1.807) is 18.1 Å². The monoisotopic (exact) mass is 407 g/mol. The standard InChI is InChI=1S/C19H25N3O3S2/c1-14(2)15-4-6-16(7-5-15)22-10-9-20-19(22)26-12-18(23)21(3)17-8-11-27(24,25)13-17/h4-7,9-10,14,17H,8,11-13H2,1-3H3/t17-/m1/s1. The van der Waals surface area contributed by atoms with Gasteiger partial charge >= 0.3 is 0 Å². The molecule has 8 heteroatoms. The predicted octanol–water partition coefficient (Wildman–Crippen LogP) is 2.73. The van der Waals surface area contributed by atoms with Gasteiger partial charge in [0, 0.05) is 31.2 Å². The average Bonchev–Trinajstić information content (AvgIpc) is 3.25. The van der Waals surface area contributed by atoms with Gasteiger partial charge in [0.25, 0.3) is 0 Å². The summed E-state index contributed by atoms with van der Waals surface area (Å²) < 4.78 is 25.2. The Morgan fingerprint density at radius 1 is 1.33 bits per heavy atom. The molecule has 27 heavy (non-hydrogen) atoms. The number of benzene rings is 1. The fourth-order valence-corrected chi connectivity index (χ4v) is 5.80. The number of carbonyl (C=O) groups excluding carboxylic acids is 1. The maximum atomic E-state index is 12.5. The number of nitrogens with zero attached hydrogens (tertiary/aromatic N) is 3. The molecule has 0 aliphatic carbocycles. The van der Waals surface area contributed by atoms with Crippen LogP contribution in [-0.4, -0.2) is 59.1 Å². The van der Waals surface area contributed by atoms with Crippen LogP contribution in [0.4, 0.5) is 0 Å². The lowest BCUT2D eigenvalue weighted by Gasteiger charge is -2.23. The maximum absolute atomic E-state index is 12.5. The summed E-state index contributed by atoms with van der Waals surface area (Å²) in [4.78, 5) is 18.4. The Morgan fingerprint density at radius 2 is 2.04 bits per heavy atom. The molecule has 0 bridgehead atoms. The Morgan fingerprint density at radius 3 is 2.63 bits per heavy atom. The number of hydrogen-bond donors (Lipinski definition) is 0. The van der Waals surface area contributed by atoms with Crippen LogP contribution in [0.2, 0.25) is 0 Å². The summed E-state index contributed by atoms with van der Waals surface area (Å²) in [7, 11) is -1.32. The fourth-order valence-electron chi connectivity index (χ4n) is 3.13. The number of thioether (sulfide) groups is 1. The summed E-state index contributed by atoms with van der Waals surface area (Å²) in [5, 5.41) is 0.744. The van der Waals surface area contributed by atoms with Gasteiger partial charge in [0.05, 0.1) is 17.3 Å². The molecule has 1 aromatic heterocycles. The third-order valence-electron chi connectivity index (χ3n) is 4.92. The van der Waals surface area contributed by atoms with Crippen LogP contribution in [0, 0.1) is 0 Å². The molecule has 146 valence electrons. The van der Waals surface area contributed by atoms with Crippen LogP contribution >= 0.6 is 11.8 Å². The summed E-state index contributed by atoms with van der Waals surface area (Å²) in [6, 6.07) is 8.10. The lowest BCUT2D eigenvalue weighted by atomic mass is 10.0. The second-order valence-electron chi connectivity index (χ2n) is 7.18. The summed E-state index contributed by atoms with van der Waals surface area (Å²) >= 11 is 1.37. The average molecular weight is 408 g/mol. The van der Waals surface area contributed by atoms with Gasteiger partial charge in [-0.15, -0.1) is 0 Å². The van der Waals surface area contributed by atoms with Crippen LogP contribution in [0.15, 0.2) is 41.8 Å². The number of sulfone groups is 1. The summed E-state index contributed by atoms with van der Waals surface area (Å²) in [6.07, 6.45) is 4.12. The lowest BCUT2D eigenvalue weighted by Crippen LogP contribution is -2.38. The molecule has 0 radical (unpaired) electrons. The number of rotatable bonds is 6. The highest BCUT2D eigenvalue weighted by atomic mass is 32.2. The zero-order chi connectivity index (χ0) is 19.6. The first kappa shape index (κ1) is 19.9. The highest BCUT2D eigenvalue weighted by molar-refractivity contribution is 7.99. The molecular formula is C19H25N3O3S2. The lowest BCUT2D eigenvalue weighted by molar-refractivity contribution is -0.128. The number of carbonyl (C=O) groups is 1. The van der Waals surface area contributed by atoms with Crippen LogP contribution in [0.5, 0.6) is 0 Å². The van der Waals surface area contributed by atoms with Gasteiger partial charge in [0.1, 0.15) is 0 Å². The van der Waals surface area contributed by atoms with Gasteiger partial charge in [-0.05, 0) is 30.0 Å². The van der Waals surface area contributed by atoms with Crippen molar-refractivity contribution in [2.75, 3.05) is 24.3 Å². The number of aromatic nitrogens is 2. The third kappa shape index (κ3) is 4.73. The number of imidazole rings is 1. The number of amides is 1. The topological polar surface area (TPSA) is 72.3 Å². The quantitative estimate of drug-likeness (QED) is 0.689. The van der Waals surface area contributed by atoms with E-state index in [1.807, 2.05) is 10.8 Å². The van der Waals surface area contributed by atoms with Crippen LogP contribution in [-0.2, 0) is 14.6 Å². The normalized spacial score (nSPS) is 18.7. The van der Waals surface area contributed by atoms with Crippen LogP contribution in [0.3, 0.4) is 0 Å². The summed E-state index contributed by atoms with van der Waals surface area (Å²) in [5.74, 6) is 0.861. The van der Waals surface area contributed by atoms with E-state index in [2.05, 4.69) is 43.1 Å². The van der Waals surface area contributed by atoms with Crippen molar-refractivity contribution < 1.29 is 13.2 Å². The van der Waals surface area contributed by atoms with E-state index in [4.69, 9.17) is 0 Å². The Labute approximate surface area is 164 Å². The van der Waals surface area contributed by atoms with Gasteiger partial charge in [-0.25, -0.2) is 13.4 Å². The Kier molecular flexibility index (Phi) is 5.95. The first-order valence-electron chi connectivity index (χ1n) is 8.99. The van der Waals surface area contributed by atoms with Gasteiger partial charge in [-0.2, -0.15) is 0 Å². The fraction of sp³-hybridized carbons (Fsp3) is 0.474. The Bertz CT molecular complexity index is 905. The largest absolute Gasteiger partial charge is 0.341 e. The van der Waals surface area contributed by atoms with Crippen molar-refractivity contribution in [1.29, 1.82) is 0 Å². The molecule has 0 N–H and O–H groups in total. The molecule has 1 aliphatic rings. The van der Waals surface area contributed by atoms with E-state index < -0.39 is 9.84 Å². The first-order valence-corrected chi connectivity index (χ1v) is 11.8. The Hall–Kier alpha value is -1.80. The zero-order valence-corrected chi connectivity index (χ0v) is 17.5. The first-order chi connectivity index (χ1) is 12.8. The van der Waals surface area contributed by atoms with Gasteiger partial charge in [0.15, 0.2) is 15.0 Å². The van der Waals surface area contributed by atoms with Crippen molar-refractivity contribution in [3.05, 3.63) is 42.2 Å². The van der Waals surface area contributed by atoms with Gasteiger partial charge in [-0.1, -0.05) is 37.7 Å². The van der Waals surface area contributed by atoms with E-state index in [0.29, 0.717) is 12.3 Å². The maximum Gasteiger partial charge on any atom is 0.233 e. The minimum absolute atomic E-state index is 0.0662. The van der Waals surface area contributed by atoms with Crippen molar-refractivity contribution >= 4 is 27.5 Å². The van der Waals surface area contributed by atoms with Gasteiger partial charge < -0.3 is 4.90 Å². The minimum Gasteiger partial charge on any atom is -0.341 e. The molecule has 1 aromatic carbocycles. The molecule has 1 saturated heterocycles. The molecule has 0 unspecified atom stereocenters. The molecule has 0 saturated carbocycles. The molecular weight excluding hydrogens is 382 g/mol. The predicted molar refractivity (Wildman–Crippen MR) is 108 cm³/mol. The smallest absolute Gasteiger partial charge is 0.233 e. The van der Waals surface area contributed by atoms with Crippen LogP contribution < -0.4 is 0 Å². The molecule has 1 amide bonds. The third-order valence-corrected chi connectivity index (χ3v) is 7.62. The van der Waals surface area contributed by atoms with E-state index in [9.17, 15) is 13.2 Å². The van der Waals surface area contributed by atoms with Crippen molar-refractivity contribution in [3.63, 3.8) is 0 Å². The van der Waals surface area contributed by atoms with Gasteiger partial charge in [0.2, 0.25) is 5.91 Å². The van der Waals surface area contributed by atoms with Gasteiger partial charge in [-0.3, -0.25) is 9.36 Å². The Balaban J connectivity index is 1.64. The SMILES string of the molecule is CC(C)c1ccc(-n2ccnc2SCC(=O)N(C)[C@@H]2CCS(=O)(=O)C2)cc1.